The van der Waals surface area contributed by atoms with Crippen molar-refractivity contribution in [3.8, 4) is 11.5 Å². The lowest BCUT2D eigenvalue weighted by atomic mass is 9.88. The first kappa shape index (κ1) is 19.0. The highest BCUT2D eigenvalue weighted by Gasteiger charge is 2.36. The lowest BCUT2D eigenvalue weighted by molar-refractivity contribution is -0.119. The van der Waals surface area contributed by atoms with Crippen LogP contribution < -0.4 is 9.47 Å². The Kier molecular flexibility index (Phi) is 6.76. The monoisotopic (exact) mass is 356 g/mol. The third-order valence-corrected chi connectivity index (χ3v) is 5.71. The molecule has 26 heavy (non-hydrogen) atoms. The molecule has 142 valence electrons. The van der Waals surface area contributed by atoms with Gasteiger partial charge in [-0.15, -0.1) is 0 Å². The van der Waals surface area contributed by atoms with Crippen LogP contribution in [0.15, 0.2) is 23.8 Å². The number of rotatable bonds is 8. The molecule has 0 amide bonds. The minimum Gasteiger partial charge on any atom is -0.490 e. The number of hydrogen-bond acceptors (Lipinski definition) is 3. The fourth-order valence-electron chi connectivity index (χ4n) is 4.29. The van der Waals surface area contributed by atoms with Gasteiger partial charge in [-0.1, -0.05) is 32.3 Å². The number of carbonyl (C=O) groups excluding carboxylic acids is 1. The van der Waals surface area contributed by atoms with Crippen LogP contribution in [0.25, 0.3) is 6.08 Å². The van der Waals surface area contributed by atoms with Gasteiger partial charge in [0.2, 0.25) is 0 Å². The van der Waals surface area contributed by atoms with Crippen LogP contribution in [0.4, 0.5) is 0 Å². The Balaban J connectivity index is 1.73. The van der Waals surface area contributed by atoms with Crippen molar-refractivity contribution < 1.29 is 14.3 Å². The Morgan fingerprint density at radius 3 is 2.62 bits per heavy atom. The van der Waals surface area contributed by atoms with E-state index in [-0.39, 0.29) is 5.92 Å². The molecule has 0 unspecified atom stereocenters. The summed E-state index contributed by atoms with van der Waals surface area (Å²) in [5.74, 6) is 2.85. The van der Waals surface area contributed by atoms with Crippen LogP contribution in [-0.4, -0.2) is 19.0 Å². The van der Waals surface area contributed by atoms with Gasteiger partial charge in [0.05, 0.1) is 13.2 Å². The lowest BCUT2D eigenvalue weighted by Crippen LogP contribution is -2.16. The van der Waals surface area contributed by atoms with Gasteiger partial charge in [-0.25, -0.2) is 0 Å². The lowest BCUT2D eigenvalue weighted by Gasteiger charge is -2.15. The minimum atomic E-state index is 0.270. The molecule has 3 rings (SSSR count). The van der Waals surface area contributed by atoms with Crippen LogP contribution in [0.2, 0.25) is 0 Å². The Bertz CT molecular complexity index is 641. The summed E-state index contributed by atoms with van der Waals surface area (Å²) < 4.78 is 11.6. The van der Waals surface area contributed by atoms with E-state index >= 15 is 0 Å². The van der Waals surface area contributed by atoms with Crippen molar-refractivity contribution in [2.45, 2.75) is 65.2 Å². The van der Waals surface area contributed by atoms with Crippen molar-refractivity contribution in [1.82, 2.24) is 0 Å². The molecule has 0 radical (unpaired) electrons. The molecule has 1 atom stereocenters. The number of carbonyl (C=O) groups is 1. The van der Waals surface area contributed by atoms with E-state index in [9.17, 15) is 4.79 Å². The van der Waals surface area contributed by atoms with Gasteiger partial charge >= 0.3 is 0 Å². The van der Waals surface area contributed by atoms with Crippen LogP contribution in [-0.2, 0) is 4.79 Å². The highest BCUT2D eigenvalue weighted by molar-refractivity contribution is 6.03. The number of hydrogen-bond donors (Lipinski definition) is 0. The number of ketones is 1. The molecule has 1 aromatic rings. The van der Waals surface area contributed by atoms with Crippen molar-refractivity contribution in [3.63, 3.8) is 0 Å². The zero-order valence-corrected chi connectivity index (χ0v) is 16.3. The second-order valence-electron chi connectivity index (χ2n) is 7.56. The van der Waals surface area contributed by atoms with Crippen LogP contribution in [0, 0.1) is 11.8 Å². The molecule has 0 saturated heterocycles. The summed E-state index contributed by atoms with van der Waals surface area (Å²) in [6.45, 7) is 5.44. The first-order valence-corrected chi connectivity index (χ1v) is 10.4. The average molecular weight is 357 g/mol. The van der Waals surface area contributed by atoms with Crippen molar-refractivity contribution in [1.29, 1.82) is 0 Å². The summed E-state index contributed by atoms with van der Waals surface area (Å²) in [6, 6.07) is 6.02. The molecule has 2 saturated carbocycles. The Morgan fingerprint density at radius 1 is 1.08 bits per heavy atom. The smallest absolute Gasteiger partial charge is 0.162 e. The molecule has 2 aliphatic rings. The van der Waals surface area contributed by atoms with Crippen LogP contribution in [0.1, 0.15) is 70.8 Å². The number of Topliss-reactive ketones (excluding diaryl/α,β-unsaturated/α-hetero) is 1. The predicted molar refractivity (Wildman–Crippen MR) is 106 cm³/mol. The van der Waals surface area contributed by atoms with Crippen molar-refractivity contribution >= 4 is 11.9 Å². The summed E-state index contributed by atoms with van der Waals surface area (Å²) in [4.78, 5) is 12.8. The number of allylic oxidation sites excluding steroid dienone is 1. The van der Waals surface area contributed by atoms with Crippen molar-refractivity contribution in [3.05, 3.63) is 29.3 Å². The van der Waals surface area contributed by atoms with Crippen molar-refractivity contribution in [2.75, 3.05) is 13.2 Å². The average Bonchev–Trinajstić information content (AvgIpc) is 3.28. The molecule has 0 heterocycles. The van der Waals surface area contributed by atoms with Gasteiger partial charge in [-0.05, 0) is 74.3 Å². The molecule has 0 bridgehead atoms. The van der Waals surface area contributed by atoms with Gasteiger partial charge in [-0.3, -0.25) is 4.79 Å². The molecule has 0 spiro atoms. The molecular weight excluding hydrogens is 324 g/mol. The second kappa shape index (κ2) is 9.25. The standard InChI is InChI=1S/C23H32O3/c1-3-5-14-26-21-13-10-17(16-22(21)25-4-2)15-19-11-12-20(23(19)24)18-8-6-7-9-18/h10,13,15-16,18,20H,3-9,11-12,14H2,1-2H3/b19-15+/t20-/m0/s1. The van der Waals surface area contributed by atoms with Gasteiger partial charge in [-0.2, -0.15) is 0 Å². The predicted octanol–water partition coefficient (Wildman–Crippen LogP) is 5.82. The maximum atomic E-state index is 12.8. The van der Waals surface area contributed by atoms with E-state index in [1.165, 1.54) is 25.7 Å². The molecular formula is C23H32O3. The quantitative estimate of drug-likeness (QED) is 0.435. The Morgan fingerprint density at radius 2 is 1.88 bits per heavy atom. The largest absolute Gasteiger partial charge is 0.490 e. The number of unbranched alkanes of at least 4 members (excludes halogenated alkanes) is 1. The second-order valence-corrected chi connectivity index (χ2v) is 7.56. The molecule has 3 heteroatoms. The first-order chi connectivity index (χ1) is 12.7. The molecule has 2 aliphatic carbocycles. The summed E-state index contributed by atoms with van der Waals surface area (Å²) in [7, 11) is 0. The zero-order valence-electron chi connectivity index (χ0n) is 16.3. The van der Waals surface area contributed by atoms with Gasteiger partial charge in [0.1, 0.15) is 0 Å². The molecule has 2 fully saturated rings. The highest BCUT2D eigenvalue weighted by atomic mass is 16.5. The fraction of sp³-hybridized carbons (Fsp3) is 0.609. The summed E-state index contributed by atoms with van der Waals surface area (Å²) in [6.07, 6.45) is 11.2. The molecule has 3 nitrogen and oxygen atoms in total. The van der Waals surface area contributed by atoms with E-state index in [1.54, 1.807) is 0 Å². The van der Waals surface area contributed by atoms with Gasteiger partial charge in [0, 0.05) is 5.92 Å². The van der Waals surface area contributed by atoms with Crippen LogP contribution in [0.5, 0.6) is 11.5 Å². The molecule has 0 N–H and O–H groups in total. The maximum Gasteiger partial charge on any atom is 0.162 e. The minimum absolute atomic E-state index is 0.270. The maximum absolute atomic E-state index is 12.8. The summed E-state index contributed by atoms with van der Waals surface area (Å²) >= 11 is 0. The van der Waals surface area contributed by atoms with E-state index in [0.29, 0.717) is 24.9 Å². The van der Waals surface area contributed by atoms with Gasteiger partial charge in [0.25, 0.3) is 0 Å². The number of benzene rings is 1. The highest BCUT2D eigenvalue weighted by Crippen LogP contribution is 2.41. The molecule has 0 aliphatic heterocycles. The number of ether oxygens (including phenoxy) is 2. The van der Waals surface area contributed by atoms with Gasteiger partial charge in [0.15, 0.2) is 17.3 Å². The van der Waals surface area contributed by atoms with Crippen molar-refractivity contribution in [2.24, 2.45) is 11.8 Å². The Hall–Kier alpha value is -1.77. The van der Waals surface area contributed by atoms with E-state index in [0.717, 1.165) is 48.3 Å². The summed E-state index contributed by atoms with van der Waals surface area (Å²) in [5, 5.41) is 0. The van der Waals surface area contributed by atoms with Crippen LogP contribution in [0.3, 0.4) is 0 Å². The fourth-order valence-corrected chi connectivity index (χ4v) is 4.29. The SMILES string of the molecule is CCCCOc1ccc(/C=C2\CC[C@@H](C3CCCC3)C2=O)cc1OCC. The Labute approximate surface area is 157 Å². The van der Waals surface area contributed by atoms with Gasteiger partial charge < -0.3 is 9.47 Å². The zero-order chi connectivity index (χ0) is 18.4. The van der Waals surface area contributed by atoms with E-state index in [2.05, 4.69) is 13.0 Å². The van der Waals surface area contributed by atoms with E-state index in [4.69, 9.17) is 9.47 Å². The molecule has 0 aromatic heterocycles. The first-order valence-electron chi connectivity index (χ1n) is 10.4. The van der Waals surface area contributed by atoms with Crippen LogP contribution >= 0.6 is 0 Å². The molecule has 1 aromatic carbocycles. The van der Waals surface area contributed by atoms with E-state index < -0.39 is 0 Å². The normalized spacial score (nSPS) is 22.3. The third kappa shape index (κ3) is 4.49. The van der Waals surface area contributed by atoms with E-state index in [1.807, 2.05) is 25.1 Å². The third-order valence-electron chi connectivity index (χ3n) is 5.71. The topological polar surface area (TPSA) is 35.5 Å². The summed E-state index contributed by atoms with van der Waals surface area (Å²) in [5.41, 5.74) is 2.02.